The van der Waals surface area contributed by atoms with Gasteiger partial charge in [0.15, 0.2) is 0 Å². The van der Waals surface area contributed by atoms with Crippen LogP contribution in [-0.2, 0) is 32.5 Å². The first-order valence-corrected chi connectivity index (χ1v) is 13.2. The van der Waals surface area contributed by atoms with E-state index in [2.05, 4.69) is 37.1 Å². The van der Waals surface area contributed by atoms with Crippen LogP contribution in [0.25, 0.3) is 22.5 Å². The molecule has 255 valence electrons. The molecular formula is C32H25F6IrN5O4-2. The van der Waals surface area contributed by atoms with Crippen LogP contribution in [0.2, 0.25) is 0 Å². The van der Waals surface area contributed by atoms with Crippen molar-refractivity contribution in [1.82, 2.24) is 24.9 Å². The van der Waals surface area contributed by atoms with Crippen LogP contribution in [0.4, 0.5) is 26.3 Å². The predicted molar refractivity (Wildman–Crippen MR) is 156 cm³/mol. The molecule has 0 aliphatic carbocycles. The molecule has 0 aliphatic rings. The van der Waals surface area contributed by atoms with Gasteiger partial charge in [-0.25, -0.2) is 9.78 Å². The van der Waals surface area contributed by atoms with E-state index in [1.54, 1.807) is 26.0 Å². The van der Waals surface area contributed by atoms with E-state index in [1.807, 2.05) is 0 Å². The van der Waals surface area contributed by atoms with E-state index in [4.69, 9.17) is 14.6 Å². The molecule has 48 heavy (non-hydrogen) atoms. The summed E-state index contributed by atoms with van der Waals surface area (Å²) in [6, 6.07) is 18.2. The molecule has 0 unspecified atom stereocenters. The second-order valence-electron chi connectivity index (χ2n) is 9.19. The summed E-state index contributed by atoms with van der Waals surface area (Å²) in [5, 5.41) is 8.32. The summed E-state index contributed by atoms with van der Waals surface area (Å²) in [4.78, 5) is 29.6. The number of alkyl halides is 6. The van der Waals surface area contributed by atoms with Crippen molar-refractivity contribution in [3.05, 3.63) is 114 Å². The average Bonchev–Trinajstić information content (AvgIpc) is 3.05. The summed E-state index contributed by atoms with van der Waals surface area (Å²) in [5.74, 6) is -0.197. The van der Waals surface area contributed by atoms with Gasteiger partial charge in [-0.1, -0.05) is 56.3 Å². The molecule has 0 aromatic carbocycles. The van der Waals surface area contributed by atoms with E-state index in [9.17, 15) is 31.1 Å². The van der Waals surface area contributed by atoms with Crippen LogP contribution in [0.15, 0.2) is 73.2 Å². The van der Waals surface area contributed by atoms with E-state index in [1.165, 1.54) is 50.7 Å². The van der Waals surface area contributed by atoms with Crippen molar-refractivity contribution in [2.75, 3.05) is 14.2 Å². The predicted octanol–water partition coefficient (Wildman–Crippen LogP) is 7.34. The van der Waals surface area contributed by atoms with Gasteiger partial charge in [-0.2, -0.15) is 26.3 Å². The van der Waals surface area contributed by atoms with Gasteiger partial charge in [-0.15, -0.1) is 23.3 Å². The summed E-state index contributed by atoms with van der Waals surface area (Å²) in [7, 11) is 2.96. The zero-order valence-electron chi connectivity index (χ0n) is 25.4. The molecule has 5 rings (SSSR count). The minimum absolute atomic E-state index is 0. The van der Waals surface area contributed by atoms with Gasteiger partial charge in [0.25, 0.3) is 0 Å². The Balaban J connectivity index is 0.000000263. The monoisotopic (exact) mass is 850 g/mol. The van der Waals surface area contributed by atoms with Gasteiger partial charge in [0.1, 0.15) is 17.5 Å². The number of aryl methyl sites for hydroxylation is 2. The minimum atomic E-state index is -4.39. The van der Waals surface area contributed by atoms with E-state index in [-0.39, 0.29) is 25.8 Å². The molecular weight excluding hydrogens is 825 g/mol. The Kier molecular flexibility index (Phi) is 14.1. The van der Waals surface area contributed by atoms with Crippen molar-refractivity contribution < 1.29 is 65.8 Å². The summed E-state index contributed by atoms with van der Waals surface area (Å²) in [5.41, 5.74) is 1.58. The first-order chi connectivity index (χ1) is 22.1. The maximum Gasteiger partial charge on any atom is 0.417 e. The normalized spacial score (nSPS) is 10.7. The van der Waals surface area contributed by atoms with E-state index in [0.29, 0.717) is 45.7 Å². The molecule has 0 aliphatic heterocycles. The number of carbonyl (C=O) groups is 1. The Labute approximate surface area is 284 Å². The number of ether oxygens (including phenoxy) is 2. The number of aromatic carboxylic acids is 1. The first-order valence-electron chi connectivity index (χ1n) is 13.2. The second kappa shape index (κ2) is 17.3. The number of carboxylic acids is 1. The molecule has 9 nitrogen and oxygen atoms in total. The standard InChI is InChI=1S/2C13H10F3N2O.C6H5NO2.Ir/c2*1-8-10(4-6-12(18-8)19-2)11-5-3-9(7-17-11)13(14,15)16;8-6(9)5-3-1-2-4-7-5;/h2*3,5-7H,1-2H3;1-4H,(H,8,9);/q2*-1;;. The molecule has 0 saturated carbocycles. The third-order valence-corrected chi connectivity index (χ3v) is 5.96. The molecule has 0 saturated heterocycles. The fraction of sp³-hybridized carbons (Fsp3) is 0.188. The fourth-order valence-corrected chi connectivity index (χ4v) is 3.62. The smallest absolute Gasteiger partial charge is 0.417 e. The molecule has 0 atom stereocenters. The Morgan fingerprint density at radius 2 is 1.15 bits per heavy atom. The van der Waals surface area contributed by atoms with Gasteiger partial charge in [-0.3, -0.25) is 0 Å². The Hall–Kier alpha value is -4.95. The van der Waals surface area contributed by atoms with E-state index < -0.39 is 29.4 Å². The summed E-state index contributed by atoms with van der Waals surface area (Å²) in [6.45, 7) is 3.43. The number of hydrogen-bond acceptors (Lipinski definition) is 8. The van der Waals surface area contributed by atoms with Crippen LogP contribution in [0.3, 0.4) is 0 Å². The summed E-state index contributed by atoms with van der Waals surface area (Å²) in [6.07, 6.45) is -5.73. The molecule has 0 spiro atoms. The third kappa shape index (κ3) is 11.1. The van der Waals surface area contributed by atoms with Crippen LogP contribution >= 0.6 is 0 Å². The number of halogens is 6. The van der Waals surface area contributed by atoms with Crippen LogP contribution in [0.1, 0.15) is 33.0 Å². The van der Waals surface area contributed by atoms with Crippen molar-refractivity contribution in [2.45, 2.75) is 26.2 Å². The van der Waals surface area contributed by atoms with Gasteiger partial charge < -0.3 is 34.5 Å². The van der Waals surface area contributed by atoms with Crippen molar-refractivity contribution >= 4 is 5.97 Å². The molecule has 0 bridgehead atoms. The van der Waals surface area contributed by atoms with Crippen LogP contribution in [-0.4, -0.2) is 50.2 Å². The van der Waals surface area contributed by atoms with Crippen molar-refractivity contribution in [2.24, 2.45) is 0 Å². The summed E-state index contributed by atoms with van der Waals surface area (Å²) >= 11 is 0. The molecule has 0 amide bonds. The van der Waals surface area contributed by atoms with Gasteiger partial charge >= 0.3 is 18.3 Å². The Morgan fingerprint density at radius 3 is 1.40 bits per heavy atom. The molecule has 5 aromatic rings. The van der Waals surface area contributed by atoms with Gasteiger partial charge in [0.05, 0.1) is 25.3 Å². The number of methoxy groups -OCH3 is 2. The van der Waals surface area contributed by atoms with Gasteiger partial charge in [0.2, 0.25) is 0 Å². The molecule has 1 N–H and O–H groups in total. The molecule has 5 heterocycles. The average molecular weight is 850 g/mol. The van der Waals surface area contributed by atoms with Crippen molar-refractivity contribution in [3.63, 3.8) is 0 Å². The van der Waals surface area contributed by atoms with Crippen LogP contribution < -0.4 is 9.47 Å². The maximum atomic E-state index is 12.4. The van der Waals surface area contributed by atoms with E-state index in [0.717, 1.165) is 24.5 Å². The number of carboxylic acid groups (broad SMARTS) is 1. The van der Waals surface area contributed by atoms with Crippen LogP contribution in [0, 0.1) is 26.0 Å². The second-order valence-corrected chi connectivity index (χ2v) is 9.19. The largest absolute Gasteiger partial charge is 0.524 e. The zero-order valence-corrected chi connectivity index (χ0v) is 27.8. The van der Waals surface area contributed by atoms with Crippen LogP contribution in [0.5, 0.6) is 11.8 Å². The molecule has 16 heteroatoms. The van der Waals surface area contributed by atoms with Gasteiger partial charge in [0, 0.05) is 38.7 Å². The number of rotatable bonds is 5. The minimum Gasteiger partial charge on any atom is -0.524 e. The molecule has 1 radical (unpaired) electrons. The summed E-state index contributed by atoms with van der Waals surface area (Å²) < 4.78 is 84.4. The topological polar surface area (TPSA) is 120 Å². The SMILES string of the molecule is COc1c[c-]c(-c2ccc(C(F)(F)F)cn2)c(C)n1.COc1c[c-]c(-c2ccc(C(F)(F)F)cn2)c(C)n1.O=C(O)c1ccccn1.[Ir]. The Bertz CT molecular complexity index is 1670. The van der Waals surface area contributed by atoms with Crippen molar-refractivity contribution in [1.29, 1.82) is 0 Å². The molecule has 5 aromatic heterocycles. The van der Waals surface area contributed by atoms with Crippen molar-refractivity contribution in [3.8, 4) is 34.3 Å². The van der Waals surface area contributed by atoms with Gasteiger partial charge in [-0.05, 0) is 34.9 Å². The number of pyridine rings is 5. The quantitative estimate of drug-likeness (QED) is 0.143. The van der Waals surface area contributed by atoms with E-state index >= 15 is 0 Å². The number of aromatic nitrogens is 5. The zero-order chi connectivity index (χ0) is 34.8. The maximum absolute atomic E-state index is 12.4. The third-order valence-electron chi connectivity index (χ3n) is 5.96. The Morgan fingerprint density at radius 1 is 0.708 bits per heavy atom. The first kappa shape index (κ1) is 39.2. The fourth-order valence-electron chi connectivity index (χ4n) is 3.62. The number of hydrogen-bond donors (Lipinski definition) is 1. The number of nitrogens with zero attached hydrogens (tertiary/aromatic N) is 5. The molecule has 0 fully saturated rings.